The van der Waals surface area contributed by atoms with Crippen LogP contribution < -0.4 is 5.32 Å². The monoisotopic (exact) mass is 296 g/mol. The van der Waals surface area contributed by atoms with Crippen molar-refractivity contribution in [2.45, 2.75) is 82.8 Å². The third-order valence-corrected chi connectivity index (χ3v) is 6.07. The van der Waals surface area contributed by atoms with Crippen molar-refractivity contribution in [3.63, 3.8) is 0 Å². The maximum absolute atomic E-state index is 11.7. The van der Waals surface area contributed by atoms with E-state index in [9.17, 15) is 9.90 Å². The maximum atomic E-state index is 11.7. The zero-order chi connectivity index (χ0) is 15.7. The van der Waals surface area contributed by atoms with E-state index in [1.807, 2.05) is 0 Å². The summed E-state index contributed by atoms with van der Waals surface area (Å²) in [5, 5.41) is 12.7. The summed E-state index contributed by atoms with van der Waals surface area (Å²) < 4.78 is 0. The van der Waals surface area contributed by atoms with Gasteiger partial charge in [-0.1, -0.05) is 13.8 Å². The lowest BCUT2D eigenvalue weighted by Gasteiger charge is -2.46. The van der Waals surface area contributed by atoms with Gasteiger partial charge in [0.05, 0.1) is 0 Å². The zero-order valence-electron chi connectivity index (χ0n) is 14.1. The molecule has 2 aliphatic carbocycles. The molecule has 0 radical (unpaired) electrons. The quantitative estimate of drug-likeness (QED) is 0.837. The average Bonchev–Trinajstić information content (AvgIpc) is 2.46. The molecule has 4 heteroatoms. The molecule has 0 bridgehead atoms. The molecule has 2 atom stereocenters. The van der Waals surface area contributed by atoms with Crippen LogP contribution in [-0.2, 0) is 4.79 Å². The molecular formula is C17H32N2O2. The first-order valence-corrected chi connectivity index (χ1v) is 8.44. The van der Waals surface area contributed by atoms with Crippen LogP contribution in [0.1, 0.15) is 65.2 Å². The Morgan fingerprint density at radius 1 is 1.14 bits per heavy atom. The first kappa shape index (κ1) is 16.8. The summed E-state index contributed by atoms with van der Waals surface area (Å²) in [7, 11) is 4.00. The molecule has 2 saturated carbocycles. The van der Waals surface area contributed by atoms with Crippen LogP contribution in [0.15, 0.2) is 0 Å². The minimum absolute atomic E-state index is 0.397. The topological polar surface area (TPSA) is 52.6 Å². The molecule has 21 heavy (non-hydrogen) atoms. The van der Waals surface area contributed by atoms with Gasteiger partial charge in [0.2, 0.25) is 0 Å². The summed E-state index contributed by atoms with van der Waals surface area (Å²) in [6.07, 6.45) is 8.68. The molecular weight excluding hydrogens is 264 g/mol. The number of aliphatic carboxylic acids is 1. The number of rotatable bonds is 4. The molecule has 2 aliphatic rings. The Labute approximate surface area is 129 Å². The molecule has 122 valence electrons. The van der Waals surface area contributed by atoms with Crippen LogP contribution in [0.5, 0.6) is 0 Å². The third-order valence-electron chi connectivity index (χ3n) is 6.07. The van der Waals surface area contributed by atoms with Gasteiger partial charge in [0, 0.05) is 12.1 Å². The van der Waals surface area contributed by atoms with Gasteiger partial charge in [-0.05, 0) is 70.9 Å². The molecule has 0 aromatic rings. The van der Waals surface area contributed by atoms with Crippen molar-refractivity contribution >= 4 is 5.97 Å². The van der Waals surface area contributed by atoms with Gasteiger partial charge in [0.1, 0.15) is 5.54 Å². The zero-order valence-corrected chi connectivity index (χ0v) is 14.1. The van der Waals surface area contributed by atoms with Crippen LogP contribution in [0.25, 0.3) is 0 Å². The fourth-order valence-corrected chi connectivity index (χ4v) is 4.21. The highest BCUT2D eigenvalue weighted by Gasteiger charge is 2.44. The number of carboxylic acid groups (broad SMARTS) is 1. The van der Waals surface area contributed by atoms with Crippen molar-refractivity contribution in [2.75, 3.05) is 14.1 Å². The standard InChI is InChI=1S/C17H32N2O2/c1-16(2)10-7-13(8-11-16)19(4)14-6-5-9-17(12-14,18-3)15(20)21/h13-14,18H,5-12H2,1-4H3,(H,20,21). The van der Waals surface area contributed by atoms with Gasteiger partial charge in [-0.15, -0.1) is 0 Å². The lowest BCUT2D eigenvalue weighted by atomic mass is 9.73. The minimum atomic E-state index is -0.717. The van der Waals surface area contributed by atoms with E-state index in [2.05, 4.69) is 31.1 Å². The summed E-state index contributed by atoms with van der Waals surface area (Å²) in [5.41, 5.74) is -0.231. The number of carboxylic acids is 1. The molecule has 0 aliphatic heterocycles. The molecule has 0 saturated heterocycles. The van der Waals surface area contributed by atoms with Crippen molar-refractivity contribution in [1.29, 1.82) is 0 Å². The predicted molar refractivity (Wildman–Crippen MR) is 85.5 cm³/mol. The SMILES string of the molecule is CNC1(C(=O)O)CCCC(N(C)C2CCC(C)(C)CC2)C1. The normalized spacial score (nSPS) is 34.0. The summed E-state index contributed by atoms with van der Waals surface area (Å²) >= 11 is 0. The van der Waals surface area contributed by atoms with Crippen LogP contribution in [0.4, 0.5) is 0 Å². The Kier molecular flexibility index (Phi) is 4.99. The Morgan fingerprint density at radius 2 is 1.76 bits per heavy atom. The molecule has 2 fully saturated rings. The molecule has 0 aromatic carbocycles. The first-order valence-electron chi connectivity index (χ1n) is 8.44. The number of hydrogen-bond donors (Lipinski definition) is 2. The van der Waals surface area contributed by atoms with Crippen LogP contribution in [0.3, 0.4) is 0 Å². The Hall–Kier alpha value is -0.610. The summed E-state index contributed by atoms with van der Waals surface area (Å²) in [5.74, 6) is -0.687. The van der Waals surface area contributed by atoms with Gasteiger partial charge in [-0.2, -0.15) is 0 Å². The molecule has 4 nitrogen and oxygen atoms in total. The van der Waals surface area contributed by atoms with E-state index in [1.165, 1.54) is 25.7 Å². The molecule has 2 unspecified atom stereocenters. The predicted octanol–water partition coefficient (Wildman–Crippen LogP) is 2.87. The van der Waals surface area contributed by atoms with Crippen molar-refractivity contribution in [1.82, 2.24) is 10.2 Å². The van der Waals surface area contributed by atoms with E-state index >= 15 is 0 Å². The van der Waals surface area contributed by atoms with E-state index in [0.29, 0.717) is 17.5 Å². The van der Waals surface area contributed by atoms with Crippen molar-refractivity contribution < 1.29 is 9.90 Å². The highest BCUT2D eigenvalue weighted by molar-refractivity contribution is 5.79. The molecule has 0 spiro atoms. The van der Waals surface area contributed by atoms with E-state index in [0.717, 1.165) is 25.7 Å². The molecule has 0 amide bonds. The first-order chi connectivity index (χ1) is 9.80. The van der Waals surface area contributed by atoms with Gasteiger partial charge in [0.25, 0.3) is 0 Å². The summed E-state index contributed by atoms with van der Waals surface area (Å²) in [4.78, 5) is 14.1. The van der Waals surface area contributed by atoms with Gasteiger partial charge in [-0.25, -0.2) is 0 Å². The lowest BCUT2D eigenvalue weighted by molar-refractivity contribution is -0.147. The molecule has 2 rings (SSSR count). The van der Waals surface area contributed by atoms with Crippen molar-refractivity contribution in [3.05, 3.63) is 0 Å². The van der Waals surface area contributed by atoms with Gasteiger partial charge >= 0.3 is 5.97 Å². The van der Waals surface area contributed by atoms with Crippen LogP contribution in [-0.4, -0.2) is 47.7 Å². The van der Waals surface area contributed by atoms with Crippen LogP contribution in [0, 0.1) is 5.41 Å². The third kappa shape index (κ3) is 3.59. The van der Waals surface area contributed by atoms with E-state index in [4.69, 9.17) is 0 Å². The van der Waals surface area contributed by atoms with Gasteiger partial charge < -0.3 is 15.3 Å². The van der Waals surface area contributed by atoms with Crippen molar-refractivity contribution in [2.24, 2.45) is 5.41 Å². The number of hydrogen-bond acceptors (Lipinski definition) is 3. The average molecular weight is 296 g/mol. The van der Waals surface area contributed by atoms with Gasteiger partial charge in [0.15, 0.2) is 0 Å². The lowest BCUT2D eigenvalue weighted by Crippen LogP contribution is -2.58. The number of carbonyl (C=O) groups is 1. The Morgan fingerprint density at radius 3 is 2.29 bits per heavy atom. The van der Waals surface area contributed by atoms with Crippen LogP contribution in [0.2, 0.25) is 0 Å². The number of nitrogens with zero attached hydrogens (tertiary/aromatic N) is 1. The smallest absolute Gasteiger partial charge is 0.323 e. The molecule has 0 heterocycles. The minimum Gasteiger partial charge on any atom is -0.480 e. The fourth-order valence-electron chi connectivity index (χ4n) is 4.21. The van der Waals surface area contributed by atoms with E-state index in [-0.39, 0.29) is 0 Å². The maximum Gasteiger partial charge on any atom is 0.323 e. The fraction of sp³-hybridized carbons (Fsp3) is 0.941. The second-order valence-electron chi connectivity index (χ2n) is 7.95. The second kappa shape index (κ2) is 6.25. The molecule has 2 N–H and O–H groups in total. The van der Waals surface area contributed by atoms with Crippen LogP contribution >= 0.6 is 0 Å². The molecule has 0 aromatic heterocycles. The largest absolute Gasteiger partial charge is 0.480 e. The number of nitrogens with one attached hydrogen (secondary N) is 1. The second-order valence-corrected chi connectivity index (χ2v) is 7.95. The van der Waals surface area contributed by atoms with E-state index in [1.54, 1.807) is 7.05 Å². The van der Waals surface area contributed by atoms with Crippen molar-refractivity contribution in [3.8, 4) is 0 Å². The summed E-state index contributed by atoms with van der Waals surface area (Å²) in [6.45, 7) is 4.72. The number of likely N-dealkylation sites (N-methyl/N-ethyl adjacent to an activating group) is 1. The highest BCUT2D eigenvalue weighted by Crippen LogP contribution is 2.39. The van der Waals surface area contributed by atoms with Gasteiger partial charge in [-0.3, -0.25) is 4.79 Å². The van der Waals surface area contributed by atoms with E-state index < -0.39 is 11.5 Å². The summed E-state index contributed by atoms with van der Waals surface area (Å²) in [6, 6.07) is 1.03. The Balaban J connectivity index is 1.99. The highest BCUT2D eigenvalue weighted by atomic mass is 16.4. The Bertz CT molecular complexity index is 373.